The van der Waals surface area contributed by atoms with E-state index in [1.165, 1.54) is 0 Å². The molecule has 0 spiro atoms. The van der Waals surface area contributed by atoms with E-state index in [0.29, 0.717) is 39.6 Å². The topological polar surface area (TPSA) is 81.9 Å². The molecule has 2 heterocycles. The first-order chi connectivity index (χ1) is 18.7. The van der Waals surface area contributed by atoms with Gasteiger partial charge in [-0.1, -0.05) is 66.7 Å². The van der Waals surface area contributed by atoms with Crippen LogP contribution in [0.2, 0.25) is 0 Å². The zero-order chi connectivity index (χ0) is 25.8. The lowest BCUT2D eigenvalue weighted by Crippen LogP contribution is -2.13. The number of hydrogen-bond donors (Lipinski definition) is 0. The number of benzene rings is 5. The standard InChI is InChI=1S/C33H18N4O/c34-18-22-11-12-26-31-27(14-13-25(30(22)31)21-9-5-2-6-10-21)33(38)37-29-17-23(15-20-7-3-1-4-8-20)24(19-35)16-28(29)36-32(26)37/h1-14,16-17H,15H2. The lowest BCUT2D eigenvalue weighted by atomic mass is 9.91. The quantitative estimate of drug-likeness (QED) is 0.282. The van der Waals surface area contributed by atoms with Crippen molar-refractivity contribution in [2.45, 2.75) is 6.42 Å². The average Bonchev–Trinajstić information content (AvgIpc) is 3.34. The molecule has 0 radical (unpaired) electrons. The second kappa shape index (κ2) is 8.27. The fraction of sp³-hybridized carbons (Fsp3) is 0.0303. The van der Waals surface area contributed by atoms with Gasteiger partial charge in [-0.05, 0) is 59.0 Å². The van der Waals surface area contributed by atoms with Crippen molar-refractivity contribution in [3.8, 4) is 23.3 Å². The first-order valence-electron chi connectivity index (χ1n) is 12.3. The largest absolute Gasteiger partial charge is 0.268 e. The fourth-order valence-corrected chi connectivity index (χ4v) is 5.55. The van der Waals surface area contributed by atoms with Crippen LogP contribution >= 0.6 is 0 Å². The lowest BCUT2D eigenvalue weighted by Gasteiger charge is -2.13. The molecule has 0 fully saturated rings. The maximum Gasteiger partial charge on any atom is 0.264 e. The van der Waals surface area contributed by atoms with Crippen molar-refractivity contribution >= 4 is 38.2 Å². The van der Waals surface area contributed by atoms with E-state index >= 15 is 0 Å². The first kappa shape index (κ1) is 21.7. The lowest BCUT2D eigenvalue weighted by molar-refractivity contribution is 1.16. The molecule has 0 N–H and O–H groups in total. The molecule has 0 aliphatic carbocycles. The second-order valence-electron chi connectivity index (χ2n) is 9.40. The van der Waals surface area contributed by atoms with Crippen LogP contribution in [-0.2, 0) is 6.42 Å². The van der Waals surface area contributed by atoms with Crippen molar-refractivity contribution in [1.29, 1.82) is 10.5 Å². The monoisotopic (exact) mass is 486 g/mol. The normalized spacial score (nSPS) is 11.3. The molecule has 7 rings (SSSR count). The summed E-state index contributed by atoms with van der Waals surface area (Å²) < 4.78 is 1.65. The van der Waals surface area contributed by atoms with Gasteiger partial charge in [-0.2, -0.15) is 10.5 Å². The smallest absolute Gasteiger partial charge is 0.264 e. The summed E-state index contributed by atoms with van der Waals surface area (Å²) in [6, 6.07) is 35.6. The van der Waals surface area contributed by atoms with Gasteiger partial charge < -0.3 is 0 Å². The number of pyridine rings is 1. The fourth-order valence-electron chi connectivity index (χ4n) is 5.55. The molecule has 0 amide bonds. The maximum atomic E-state index is 14.0. The molecule has 5 nitrogen and oxygen atoms in total. The van der Waals surface area contributed by atoms with Crippen molar-refractivity contribution in [3.63, 3.8) is 0 Å². The predicted molar refractivity (Wildman–Crippen MR) is 149 cm³/mol. The Labute approximate surface area is 217 Å². The Morgan fingerprint density at radius 1 is 0.737 bits per heavy atom. The summed E-state index contributed by atoms with van der Waals surface area (Å²) in [5, 5.41) is 22.7. The molecular weight excluding hydrogens is 468 g/mol. The molecule has 38 heavy (non-hydrogen) atoms. The highest BCUT2D eigenvalue weighted by atomic mass is 16.1. The van der Waals surface area contributed by atoms with Crippen molar-refractivity contribution in [1.82, 2.24) is 9.38 Å². The molecule has 5 aromatic carbocycles. The van der Waals surface area contributed by atoms with Gasteiger partial charge in [0.15, 0.2) is 0 Å². The molecule has 0 unspecified atom stereocenters. The van der Waals surface area contributed by atoms with E-state index in [1.54, 1.807) is 16.5 Å². The van der Waals surface area contributed by atoms with Crippen LogP contribution in [-0.4, -0.2) is 9.38 Å². The summed E-state index contributed by atoms with van der Waals surface area (Å²) in [5.74, 6) is 0. The molecule has 0 atom stereocenters. The molecule has 0 saturated carbocycles. The summed E-state index contributed by atoms with van der Waals surface area (Å²) in [4.78, 5) is 18.9. The zero-order valence-corrected chi connectivity index (χ0v) is 20.1. The SMILES string of the molecule is N#Cc1cc2nc3c4ccc(C#N)c5c(-c6ccccc6)ccc(c(=O)n3c2cc1Cc1ccccc1)c54. The van der Waals surface area contributed by atoms with E-state index < -0.39 is 0 Å². The molecule has 0 saturated heterocycles. The highest BCUT2D eigenvalue weighted by molar-refractivity contribution is 6.20. The van der Waals surface area contributed by atoms with Crippen LogP contribution in [0.15, 0.2) is 102 Å². The van der Waals surface area contributed by atoms with Gasteiger partial charge in [-0.25, -0.2) is 4.98 Å². The van der Waals surface area contributed by atoms with Crippen molar-refractivity contribution in [3.05, 3.63) is 130 Å². The number of fused-ring (bicyclic) bond motifs is 4. The molecule has 0 aliphatic rings. The molecule has 0 aliphatic heterocycles. The Bertz CT molecular complexity index is 2180. The van der Waals surface area contributed by atoms with Crippen molar-refractivity contribution in [2.75, 3.05) is 0 Å². The van der Waals surface area contributed by atoms with Crippen molar-refractivity contribution < 1.29 is 0 Å². The predicted octanol–water partition coefficient (Wildman–Crippen LogP) is 6.59. The van der Waals surface area contributed by atoms with E-state index in [4.69, 9.17) is 4.98 Å². The molecule has 7 aromatic rings. The number of imidazole rings is 1. The molecule has 2 aromatic heterocycles. The minimum Gasteiger partial charge on any atom is -0.268 e. The summed E-state index contributed by atoms with van der Waals surface area (Å²) in [7, 11) is 0. The Morgan fingerprint density at radius 3 is 2.18 bits per heavy atom. The minimum absolute atomic E-state index is 0.190. The van der Waals surface area contributed by atoms with E-state index in [1.807, 2.05) is 84.9 Å². The van der Waals surface area contributed by atoms with Crippen LogP contribution in [0.4, 0.5) is 0 Å². The van der Waals surface area contributed by atoms with Crippen LogP contribution in [0.5, 0.6) is 0 Å². The summed E-state index contributed by atoms with van der Waals surface area (Å²) in [5.41, 5.74) is 6.46. The third-order valence-corrected chi connectivity index (χ3v) is 7.28. The van der Waals surface area contributed by atoms with Gasteiger partial charge in [-0.3, -0.25) is 9.20 Å². The number of nitrogens with zero attached hydrogens (tertiary/aromatic N) is 4. The Balaban J connectivity index is 1.59. The van der Waals surface area contributed by atoms with Crippen LogP contribution in [0, 0.1) is 22.7 Å². The third-order valence-electron chi connectivity index (χ3n) is 7.28. The summed E-state index contributed by atoms with van der Waals surface area (Å²) >= 11 is 0. The van der Waals surface area contributed by atoms with Crippen LogP contribution in [0.1, 0.15) is 22.3 Å². The minimum atomic E-state index is -0.190. The van der Waals surface area contributed by atoms with Crippen LogP contribution in [0.25, 0.3) is 49.4 Å². The van der Waals surface area contributed by atoms with E-state index in [2.05, 4.69) is 12.1 Å². The van der Waals surface area contributed by atoms with Gasteiger partial charge in [-0.15, -0.1) is 0 Å². The Morgan fingerprint density at radius 2 is 1.45 bits per heavy atom. The number of rotatable bonds is 3. The van der Waals surface area contributed by atoms with Gasteiger partial charge in [0, 0.05) is 21.5 Å². The summed E-state index contributed by atoms with van der Waals surface area (Å²) in [6.45, 7) is 0. The summed E-state index contributed by atoms with van der Waals surface area (Å²) in [6.07, 6.45) is 0.576. The van der Waals surface area contributed by atoms with E-state index in [-0.39, 0.29) is 5.56 Å². The van der Waals surface area contributed by atoms with Gasteiger partial charge in [0.25, 0.3) is 5.56 Å². The van der Waals surface area contributed by atoms with Gasteiger partial charge in [0.05, 0.1) is 34.3 Å². The number of aromatic nitrogens is 2. The average molecular weight is 487 g/mol. The molecule has 5 heteroatoms. The van der Waals surface area contributed by atoms with E-state index in [9.17, 15) is 15.3 Å². The van der Waals surface area contributed by atoms with Crippen molar-refractivity contribution in [2.24, 2.45) is 0 Å². The number of nitriles is 2. The number of hydrogen-bond acceptors (Lipinski definition) is 4. The van der Waals surface area contributed by atoms with Gasteiger partial charge in [0.2, 0.25) is 0 Å². The second-order valence-corrected chi connectivity index (χ2v) is 9.40. The third kappa shape index (κ3) is 3.10. The highest BCUT2D eigenvalue weighted by Crippen LogP contribution is 2.38. The molecule has 176 valence electrons. The molecule has 0 bridgehead atoms. The first-order valence-corrected chi connectivity index (χ1v) is 12.3. The Hall–Kier alpha value is -5.52. The van der Waals surface area contributed by atoms with Crippen LogP contribution in [0.3, 0.4) is 0 Å². The maximum absolute atomic E-state index is 14.0. The highest BCUT2D eigenvalue weighted by Gasteiger charge is 2.21. The Kier molecular flexibility index (Phi) is 4.73. The van der Waals surface area contributed by atoms with Crippen LogP contribution < -0.4 is 5.56 Å². The van der Waals surface area contributed by atoms with Gasteiger partial charge >= 0.3 is 0 Å². The van der Waals surface area contributed by atoms with E-state index in [0.717, 1.165) is 38.4 Å². The zero-order valence-electron chi connectivity index (χ0n) is 20.1. The van der Waals surface area contributed by atoms with Gasteiger partial charge in [0.1, 0.15) is 5.65 Å². The molecular formula is C33H18N4O.